The Morgan fingerprint density at radius 1 is 1.21 bits per heavy atom. The number of hydrogen-bond acceptors (Lipinski definition) is 6. The van der Waals surface area contributed by atoms with Gasteiger partial charge in [0.2, 0.25) is 0 Å². The Balaban J connectivity index is 1.92. The zero-order valence-corrected chi connectivity index (χ0v) is 17.0. The fourth-order valence-corrected chi connectivity index (χ4v) is 7.75. The third kappa shape index (κ3) is 2.20. The first kappa shape index (κ1) is 20.0. The summed E-state index contributed by atoms with van der Waals surface area (Å²) in [6.45, 7) is 9.44. The highest BCUT2D eigenvalue weighted by Crippen LogP contribution is 2.71. The van der Waals surface area contributed by atoms with E-state index in [0.29, 0.717) is 12.8 Å². The van der Waals surface area contributed by atoms with Crippen molar-refractivity contribution in [3.8, 4) is 0 Å². The topological polar surface area (TPSA) is 104 Å². The predicted octanol–water partition coefficient (Wildman–Crippen LogP) is 1.61. The lowest BCUT2D eigenvalue weighted by Crippen LogP contribution is -2.69. The zero-order chi connectivity index (χ0) is 20.6. The van der Waals surface area contributed by atoms with Gasteiger partial charge in [0.1, 0.15) is 11.5 Å². The molecule has 4 aliphatic rings. The van der Waals surface area contributed by atoms with Gasteiger partial charge in [-0.1, -0.05) is 26.8 Å². The fourth-order valence-electron chi connectivity index (χ4n) is 7.75. The van der Waals surface area contributed by atoms with Crippen LogP contribution in [0.3, 0.4) is 0 Å². The molecule has 0 aromatic carbocycles. The Morgan fingerprint density at radius 2 is 1.89 bits per heavy atom. The van der Waals surface area contributed by atoms with Crippen molar-refractivity contribution in [2.75, 3.05) is 6.61 Å². The molecule has 4 saturated carbocycles. The van der Waals surface area contributed by atoms with Crippen LogP contribution in [0.2, 0.25) is 0 Å². The summed E-state index contributed by atoms with van der Waals surface area (Å²) in [6.07, 6.45) is 0.726. The number of hydrogen-bond donors (Lipinski definition) is 3. The number of aliphatic hydroxyl groups excluding tert-OH is 3. The van der Waals surface area contributed by atoms with Crippen LogP contribution in [-0.2, 0) is 14.3 Å². The van der Waals surface area contributed by atoms with Crippen molar-refractivity contribution in [1.29, 1.82) is 0 Å². The summed E-state index contributed by atoms with van der Waals surface area (Å²) in [5, 5.41) is 32.3. The van der Waals surface area contributed by atoms with E-state index in [2.05, 4.69) is 20.4 Å². The highest BCUT2D eigenvalue weighted by atomic mass is 16.5. The molecule has 0 aliphatic heterocycles. The third-order valence-electron chi connectivity index (χ3n) is 8.93. The van der Waals surface area contributed by atoms with Gasteiger partial charge in [0.05, 0.1) is 12.2 Å². The number of Topliss-reactive ketones (excluding diaryl/α,β-unsaturated/α-hetero) is 1. The van der Waals surface area contributed by atoms with E-state index in [4.69, 9.17) is 4.74 Å². The molecule has 0 heterocycles. The first-order chi connectivity index (χ1) is 13.0. The van der Waals surface area contributed by atoms with Crippen LogP contribution in [0.4, 0.5) is 0 Å². The zero-order valence-electron chi connectivity index (χ0n) is 17.0. The lowest BCUT2D eigenvalue weighted by molar-refractivity contribution is -0.248. The molecular formula is C22H32O6. The van der Waals surface area contributed by atoms with Crippen molar-refractivity contribution in [2.45, 2.75) is 71.2 Å². The van der Waals surface area contributed by atoms with Crippen molar-refractivity contribution < 1.29 is 29.6 Å². The molecule has 3 N–H and O–H groups in total. The number of carbonyl (C=O) groups is 2. The van der Waals surface area contributed by atoms with E-state index in [1.165, 1.54) is 6.92 Å². The summed E-state index contributed by atoms with van der Waals surface area (Å²) in [4.78, 5) is 25.5. The van der Waals surface area contributed by atoms with Crippen LogP contribution in [-0.4, -0.2) is 52.0 Å². The van der Waals surface area contributed by atoms with Crippen molar-refractivity contribution in [2.24, 2.45) is 34.0 Å². The molecule has 2 bridgehead atoms. The average molecular weight is 392 g/mol. The fraction of sp³-hybridized carbons (Fsp3) is 0.818. The van der Waals surface area contributed by atoms with E-state index in [1.54, 1.807) is 0 Å². The number of carbonyl (C=O) groups excluding carboxylic acids is 2. The third-order valence-corrected chi connectivity index (χ3v) is 8.93. The van der Waals surface area contributed by atoms with Crippen LogP contribution in [0.1, 0.15) is 52.9 Å². The van der Waals surface area contributed by atoms with Gasteiger partial charge in [0.15, 0.2) is 5.78 Å². The maximum absolute atomic E-state index is 13.5. The second kappa shape index (κ2) is 6.13. The van der Waals surface area contributed by atoms with Crippen LogP contribution < -0.4 is 0 Å². The molecule has 6 nitrogen and oxygen atoms in total. The number of ketones is 1. The van der Waals surface area contributed by atoms with E-state index >= 15 is 0 Å². The molecule has 0 aromatic rings. The van der Waals surface area contributed by atoms with Crippen LogP contribution in [0.5, 0.6) is 0 Å². The smallest absolute Gasteiger partial charge is 0.302 e. The Bertz CT molecular complexity index is 733. The minimum atomic E-state index is -1.24. The summed E-state index contributed by atoms with van der Waals surface area (Å²) in [5.41, 5.74) is -1.69. The van der Waals surface area contributed by atoms with Gasteiger partial charge in [-0.2, -0.15) is 0 Å². The van der Waals surface area contributed by atoms with Gasteiger partial charge in [-0.05, 0) is 53.9 Å². The van der Waals surface area contributed by atoms with Gasteiger partial charge >= 0.3 is 5.97 Å². The standard InChI is InChI=1S/C22H32O6/c1-11-17-13(25)8-15-21(4)7-5-6-20(3,10-23)14(21)9-16(28-12(2)24)22(15,18(11)26)19(17)27/h13-17,19,23,25,27H,1,5-10H2,2-4H3/t13-,14+,15-,16+,17+,19+,20+,21+,22-/m0/s1. The predicted molar refractivity (Wildman–Crippen MR) is 101 cm³/mol. The summed E-state index contributed by atoms with van der Waals surface area (Å²) in [5.74, 6) is -1.74. The second-order valence-corrected chi connectivity index (χ2v) is 10.2. The lowest BCUT2D eigenvalue weighted by Gasteiger charge is -2.66. The SMILES string of the molecule is C=C1C(=O)[C@]23[C@H](O)[C@H]1[C@@H](O)C[C@H]2[C@]1(C)CCC[C@](C)(CO)[C@H]1C[C@H]3OC(C)=O. The Hall–Kier alpha value is -1.24. The molecule has 0 aromatic heterocycles. The molecule has 156 valence electrons. The molecule has 6 heteroatoms. The molecule has 0 amide bonds. The number of ether oxygens (including phenoxy) is 1. The van der Waals surface area contributed by atoms with Gasteiger partial charge in [0, 0.05) is 19.4 Å². The Kier molecular flexibility index (Phi) is 4.39. The Labute approximate surface area is 166 Å². The minimum absolute atomic E-state index is 0.0220. The molecule has 4 rings (SSSR count). The summed E-state index contributed by atoms with van der Waals surface area (Å²) in [6, 6.07) is 0. The van der Waals surface area contributed by atoms with Gasteiger partial charge in [-0.25, -0.2) is 0 Å². The van der Waals surface area contributed by atoms with E-state index < -0.39 is 35.6 Å². The van der Waals surface area contributed by atoms with Gasteiger partial charge in [-0.15, -0.1) is 0 Å². The highest BCUT2D eigenvalue weighted by Gasteiger charge is 2.76. The molecule has 28 heavy (non-hydrogen) atoms. The second-order valence-electron chi connectivity index (χ2n) is 10.2. The largest absolute Gasteiger partial charge is 0.461 e. The van der Waals surface area contributed by atoms with Crippen molar-refractivity contribution in [3.05, 3.63) is 12.2 Å². The van der Waals surface area contributed by atoms with Crippen LogP contribution >= 0.6 is 0 Å². The quantitative estimate of drug-likeness (QED) is 0.487. The lowest BCUT2D eigenvalue weighted by atomic mass is 9.39. The molecule has 4 aliphatic carbocycles. The maximum Gasteiger partial charge on any atom is 0.302 e. The molecule has 9 atom stereocenters. The van der Waals surface area contributed by atoms with Crippen molar-refractivity contribution in [1.82, 2.24) is 0 Å². The molecule has 4 fully saturated rings. The summed E-state index contributed by atoms with van der Waals surface area (Å²) < 4.78 is 5.71. The average Bonchev–Trinajstić information content (AvgIpc) is 2.75. The van der Waals surface area contributed by atoms with Gasteiger partial charge in [0.25, 0.3) is 0 Å². The molecule has 0 radical (unpaired) electrons. The Morgan fingerprint density at radius 3 is 2.50 bits per heavy atom. The van der Waals surface area contributed by atoms with Crippen LogP contribution in [0.25, 0.3) is 0 Å². The van der Waals surface area contributed by atoms with E-state index in [-0.39, 0.29) is 40.6 Å². The number of rotatable bonds is 2. The van der Waals surface area contributed by atoms with E-state index in [9.17, 15) is 24.9 Å². The van der Waals surface area contributed by atoms with Gasteiger partial charge < -0.3 is 20.1 Å². The van der Waals surface area contributed by atoms with Crippen LogP contribution in [0.15, 0.2) is 12.2 Å². The first-order valence-corrected chi connectivity index (χ1v) is 10.4. The first-order valence-electron chi connectivity index (χ1n) is 10.4. The minimum Gasteiger partial charge on any atom is -0.461 e. The maximum atomic E-state index is 13.5. The number of esters is 1. The normalized spacial score (nSPS) is 52.8. The van der Waals surface area contributed by atoms with Crippen molar-refractivity contribution >= 4 is 11.8 Å². The molecule has 0 saturated heterocycles. The molecule has 1 spiro atoms. The number of aliphatic hydroxyl groups is 3. The van der Waals surface area contributed by atoms with E-state index in [1.807, 2.05) is 0 Å². The van der Waals surface area contributed by atoms with E-state index in [0.717, 1.165) is 19.3 Å². The monoisotopic (exact) mass is 392 g/mol. The van der Waals surface area contributed by atoms with Gasteiger partial charge in [-0.3, -0.25) is 9.59 Å². The summed E-state index contributed by atoms with van der Waals surface area (Å²) >= 11 is 0. The highest BCUT2D eigenvalue weighted by molar-refractivity contribution is 6.05. The van der Waals surface area contributed by atoms with Crippen molar-refractivity contribution in [3.63, 3.8) is 0 Å². The number of fused-ring (bicyclic) bond motifs is 3. The summed E-state index contributed by atoms with van der Waals surface area (Å²) in [7, 11) is 0. The molecular weight excluding hydrogens is 360 g/mol. The van der Waals surface area contributed by atoms with Crippen LogP contribution in [0, 0.1) is 34.0 Å². The molecule has 0 unspecified atom stereocenters.